The van der Waals surface area contributed by atoms with Gasteiger partial charge in [-0.05, 0) is 45.1 Å². The third-order valence-corrected chi connectivity index (χ3v) is 6.66. The third kappa shape index (κ3) is 4.19. The number of nitrogens with zero attached hydrogens (tertiary/aromatic N) is 1. The number of sulfonamides is 1. The first kappa shape index (κ1) is 18.5. The molecule has 1 fully saturated rings. The van der Waals surface area contributed by atoms with E-state index in [4.69, 9.17) is 11.6 Å². The smallest absolute Gasteiger partial charge is 0.323 e. The van der Waals surface area contributed by atoms with Crippen molar-refractivity contribution in [2.45, 2.75) is 28.5 Å². The predicted molar refractivity (Wildman–Crippen MR) is 91.6 cm³/mol. The van der Waals surface area contributed by atoms with Gasteiger partial charge in [-0.2, -0.15) is 17.4 Å². The van der Waals surface area contributed by atoms with Gasteiger partial charge in [0.25, 0.3) is 0 Å². The van der Waals surface area contributed by atoms with E-state index in [9.17, 15) is 18.3 Å². The van der Waals surface area contributed by atoms with Crippen molar-refractivity contribution in [2.75, 3.05) is 20.1 Å². The number of piperidine rings is 1. The topological polar surface area (TPSA) is 86.7 Å². The van der Waals surface area contributed by atoms with Gasteiger partial charge >= 0.3 is 5.97 Å². The molecule has 23 heavy (non-hydrogen) atoms. The molecule has 0 saturated carbocycles. The lowest BCUT2D eigenvalue weighted by Gasteiger charge is -2.40. The highest BCUT2D eigenvalue weighted by molar-refractivity contribution is 7.89. The molecule has 1 aliphatic heterocycles. The maximum absolute atomic E-state index is 12.5. The minimum atomic E-state index is -4.06. The predicted octanol–water partition coefficient (Wildman–Crippen LogP) is 1.47. The summed E-state index contributed by atoms with van der Waals surface area (Å²) in [5.41, 5.74) is 0. The van der Waals surface area contributed by atoms with Crippen LogP contribution in [0.1, 0.15) is 12.8 Å². The van der Waals surface area contributed by atoms with Crippen molar-refractivity contribution in [1.29, 1.82) is 0 Å². The largest absolute Gasteiger partial charge is 0.480 e. The molecule has 1 heterocycles. The van der Waals surface area contributed by atoms with Crippen LogP contribution < -0.4 is 4.72 Å². The summed E-state index contributed by atoms with van der Waals surface area (Å²) in [6.07, 6.45) is 0.934. The Morgan fingerprint density at radius 3 is 2.48 bits per heavy atom. The van der Waals surface area contributed by atoms with Gasteiger partial charge in [-0.1, -0.05) is 23.7 Å². The van der Waals surface area contributed by atoms with Crippen LogP contribution in [0.2, 0.25) is 5.02 Å². The molecule has 2 rings (SSSR count). The highest BCUT2D eigenvalue weighted by atomic mass is 35.5. The molecule has 0 aromatic heterocycles. The molecule has 0 bridgehead atoms. The van der Waals surface area contributed by atoms with Crippen LogP contribution in [0.5, 0.6) is 0 Å². The Morgan fingerprint density at radius 2 is 1.96 bits per heavy atom. The van der Waals surface area contributed by atoms with Gasteiger partial charge in [0.15, 0.2) is 0 Å². The van der Waals surface area contributed by atoms with Crippen molar-refractivity contribution < 1.29 is 18.3 Å². The number of aliphatic carboxylic acids is 1. The SMILES string of the molecule is CN1CCC(S)(C(NS(=O)(=O)c2ccccc2Cl)C(=O)O)CC1. The lowest BCUT2D eigenvalue weighted by atomic mass is 9.89. The molecule has 1 aliphatic rings. The monoisotopic (exact) mass is 378 g/mol. The number of rotatable bonds is 5. The van der Waals surface area contributed by atoms with Gasteiger partial charge in [-0.25, -0.2) is 8.42 Å². The van der Waals surface area contributed by atoms with Crippen molar-refractivity contribution in [3.63, 3.8) is 0 Å². The third-order valence-electron chi connectivity index (χ3n) is 4.04. The van der Waals surface area contributed by atoms with Crippen LogP contribution >= 0.6 is 24.2 Å². The number of halogens is 1. The number of hydrogen-bond acceptors (Lipinski definition) is 5. The normalized spacial score (nSPS) is 20.1. The average molecular weight is 379 g/mol. The lowest BCUT2D eigenvalue weighted by molar-refractivity contribution is -0.140. The molecule has 2 N–H and O–H groups in total. The van der Waals surface area contributed by atoms with Gasteiger partial charge in [0.2, 0.25) is 10.0 Å². The van der Waals surface area contributed by atoms with E-state index in [1.54, 1.807) is 6.07 Å². The first-order valence-corrected chi connectivity index (χ1v) is 9.37. The van der Waals surface area contributed by atoms with Crippen LogP contribution in [0, 0.1) is 0 Å². The quantitative estimate of drug-likeness (QED) is 0.675. The Balaban J connectivity index is 2.30. The van der Waals surface area contributed by atoms with Crippen molar-refractivity contribution in [3.05, 3.63) is 29.3 Å². The molecule has 6 nitrogen and oxygen atoms in total. The number of carbonyl (C=O) groups is 1. The highest BCUT2D eigenvalue weighted by Crippen LogP contribution is 2.33. The number of nitrogens with one attached hydrogen (secondary N) is 1. The number of carboxylic acid groups (broad SMARTS) is 1. The van der Waals surface area contributed by atoms with Crippen LogP contribution in [-0.2, 0) is 14.8 Å². The van der Waals surface area contributed by atoms with Crippen LogP contribution in [0.15, 0.2) is 29.2 Å². The van der Waals surface area contributed by atoms with Gasteiger partial charge in [0, 0.05) is 4.75 Å². The molecule has 0 aliphatic carbocycles. The van der Waals surface area contributed by atoms with E-state index in [1.165, 1.54) is 18.2 Å². The minimum absolute atomic E-state index is 0.0423. The molecule has 9 heteroatoms. The fraction of sp³-hybridized carbons (Fsp3) is 0.500. The summed E-state index contributed by atoms with van der Waals surface area (Å²) in [7, 11) is -2.13. The summed E-state index contributed by atoms with van der Waals surface area (Å²) in [5.74, 6) is -1.25. The second kappa shape index (κ2) is 6.98. The molecule has 0 amide bonds. The number of hydrogen-bond donors (Lipinski definition) is 3. The van der Waals surface area contributed by atoms with Crippen LogP contribution in [0.25, 0.3) is 0 Å². The lowest BCUT2D eigenvalue weighted by Crippen LogP contribution is -2.57. The van der Waals surface area contributed by atoms with Gasteiger partial charge in [0.05, 0.1) is 5.02 Å². The van der Waals surface area contributed by atoms with E-state index < -0.39 is 26.8 Å². The molecule has 0 radical (unpaired) electrons. The Labute approximate surface area is 146 Å². The maximum atomic E-state index is 12.5. The summed E-state index contributed by atoms with van der Waals surface area (Å²) >= 11 is 10.4. The van der Waals surface area contributed by atoms with Crippen molar-refractivity contribution in [1.82, 2.24) is 9.62 Å². The molecule has 1 atom stereocenters. The highest BCUT2D eigenvalue weighted by Gasteiger charge is 2.44. The van der Waals surface area contributed by atoms with Gasteiger partial charge in [-0.15, -0.1) is 0 Å². The summed E-state index contributed by atoms with van der Waals surface area (Å²) in [5, 5.41) is 9.56. The molecular formula is C14H19ClN2O4S2. The maximum Gasteiger partial charge on any atom is 0.323 e. The van der Waals surface area contributed by atoms with Crippen molar-refractivity contribution in [3.8, 4) is 0 Å². The first-order valence-electron chi connectivity index (χ1n) is 7.06. The van der Waals surface area contributed by atoms with Crippen LogP contribution in [0.3, 0.4) is 0 Å². The molecule has 128 valence electrons. The number of benzene rings is 1. The summed E-state index contributed by atoms with van der Waals surface area (Å²) in [4.78, 5) is 13.6. The zero-order valence-electron chi connectivity index (χ0n) is 12.6. The fourth-order valence-corrected chi connectivity index (χ4v) is 4.81. The average Bonchev–Trinajstić information content (AvgIpc) is 2.48. The summed E-state index contributed by atoms with van der Waals surface area (Å²) < 4.78 is 26.3. The minimum Gasteiger partial charge on any atom is -0.480 e. The summed E-state index contributed by atoms with van der Waals surface area (Å²) in [6.45, 7) is 1.31. The molecule has 0 spiro atoms. The van der Waals surface area contributed by atoms with Gasteiger partial charge in [0.1, 0.15) is 10.9 Å². The Bertz CT molecular complexity index is 688. The van der Waals surface area contributed by atoms with Crippen molar-refractivity contribution >= 4 is 40.2 Å². The molecule has 1 aromatic rings. The van der Waals surface area contributed by atoms with E-state index in [2.05, 4.69) is 22.3 Å². The van der Waals surface area contributed by atoms with E-state index in [0.29, 0.717) is 25.9 Å². The van der Waals surface area contributed by atoms with E-state index in [1.807, 2.05) is 7.05 Å². The Kier molecular flexibility index (Phi) is 5.63. The standard InChI is InChI=1S/C14H19ClN2O4S2/c1-17-8-6-14(22,7-9-17)12(13(18)19)16-23(20,21)11-5-3-2-4-10(11)15/h2-5,12,16,22H,6-9H2,1H3,(H,18,19). The second-order valence-electron chi connectivity index (χ2n) is 5.73. The van der Waals surface area contributed by atoms with Gasteiger partial charge < -0.3 is 10.0 Å². The first-order chi connectivity index (χ1) is 10.7. The zero-order chi connectivity index (χ0) is 17.3. The van der Waals surface area contributed by atoms with E-state index in [-0.39, 0.29) is 9.92 Å². The number of carboxylic acids is 1. The van der Waals surface area contributed by atoms with Crippen LogP contribution in [0.4, 0.5) is 0 Å². The van der Waals surface area contributed by atoms with E-state index in [0.717, 1.165) is 0 Å². The number of thiol groups is 1. The zero-order valence-corrected chi connectivity index (χ0v) is 15.0. The molecule has 1 saturated heterocycles. The summed E-state index contributed by atoms with van der Waals surface area (Å²) in [6, 6.07) is 4.58. The molecular weight excluding hydrogens is 360 g/mol. The van der Waals surface area contributed by atoms with Crippen LogP contribution in [-0.4, -0.2) is 55.3 Å². The van der Waals surface area contributed by atoms with Crippen molar-refractivity contribution in [2.24, 2.45) is 0 Å². The Morgan fingerprint density at radius 1 is 1.39 bits per heavy atom. The molecule has 1 aromatic carbocycles. The molecule has 1 unspecified atom stereocenters. The second-order valence-corrected chi connectivity index (χ2v) is 8.71. The number of likely N-dealkylation sites (tertiary alicyclic amines) is 1. The van der Waals surface area contributed by atoms with Gasteiger partial charge in [-0.3, -0.25) is 4.79 Å². The fourth-order valence-electron chi connectivity index (χ4n) is 2.57. The Hall–Kier alpha value is -0.800. The van der Waals surface area contributed by atoms with E-state index >= 15 is 0 Å².